The molecule has 6 heteroatoms. The molecule has 19 heavy (non-hydrogen) atoms. The minimum Gasteiger partial charge on any atom is -0.321 e. The largest absolute Gasteiger partial charge is 0.449 e. The van der Waals surface area contributed by atoms with Gasteiger partial charge in [-0.25, -0.2) is 4.98 Å². The Morgan fingerprint density at radius 2 is 2.05 bits per heavy atom. The van der Waals surface area contributed by atoms with Crippen molar-refractivity contribution in [3.8, 4) is 0 Å². The molecule has 2 rings (SSSR count). The number of imidazole rings is 1. The van der Waals surface area contributed by atoms with Gasteiger partial charge < -0.3 is 9.88 Å². The highest BCUT2D eigenvalue weighted by Gasteiger charge is 2.40. The van der Waals surface area contributed by atoms with Gasteiger partial charge in [-0.2, -0.15) is 13.2 Å². The minimum absolute atomic E-state index is 0.184. The summed E-state index contributed by atoms with van der Waals surface area (Å²) in [6.07, 6.45) is -2.93. The van der Waals surface area contributed by atoms with E-state index in [1.807, 2.05) is 20.8 Å². The van der Waals surface area contributed by atoms with Gasteiger partial charge in [-0.3, -0.25) is 0 Å². The molecule has 1 N–H and O–H groups in total. The fourth-order valence-corrected chi connectivity index (χ4v) is 2.57. The molecule has 0 amide bonds. The molecule has 1 aromatic heterocycles. The van der Waals surface area contributed by atoms with Crippen molar-refractivity contribution in [1.82, 2.24) is 14.9 Å². The van der Waals surface area contributed by atoms with E-state index in [-0.39, 0.29) is 12.0 Å². The molecule has 1 aliphatic heterocycles. The highest BCUT2D eigenvalue weighted by Crippen LogP contribution is 2.35. The van der Waals surface area contributed by atoms with Crippen molar-refractivity contribution < 1.29 is 13.2 Å². The quantitative estimate of drug-likeness (QED) is 0.918. The number of nitrogens with one attached hydrogen (secondary N) is 1. The van der Waals surface area contributed by atoms with Crippen molar-refractivity contribution in [3.63, 3.8) is 0 Å². The number of alkyl halides is 3. The molecular weight excluding hydrogens is 255 g/mol. The summed E-state index contributed by atoms with van der Waals surface area (Å²) in [5.41, 5.74) is 1.30. The third-order valence-corrected chi connectivity index (χ3v) is 4.05. The Morgan fingerprint density at radius 3 is 2.63 bits per heavy atom. The van der Waals surface area contributed by atoms with Crippen LogP contribution in [-0.4, -0.2) is 16.1 Å². The average molecular weight is 275 g/mol. The Morgan fingerprint density at radius 1 is 1.37 bits per heavy atom. The topological polar surface area (TPSA) is 29.9 Å². The minimum atomic E-state index is -4.39. The van der Waals surface area contributed by atoms with Gasteiger partial charge in [0, 0.05) is 31.2 Å². The Kier molecular flexibility index (Phi) is 3.90. The third kappa shape index (κ3) is 2.63. The molecule has 0 spiro atoms. The van der Waals surface area contributed by atoms with E-state index < -0.39 is 12.0 Å². The molecule has 1 aromatic rings. The van der Waals surface area contributed by atoms with Gasteiger partial charge >= 0.3 is 6.18 Å². The van der Waals surface area contributed by atoms with Crippen LogP contribution in [0.15, 0.2) is 0 Å². The smallest absolute Gasteiger partial charge is 0.321 e. The summed E-state index contributed by atoms with van der Waals surface area (Å²) < 4.78 is 40.9. The van der Waals surface area contributed by atoms with Gasteiger partial charge in [-0.05, 0) is 12.8 Å². The maximum absolute atomic E-state index is 13.2. The summed E-state index contributed by atoms with van der Waals surface area (Å²) >= 11 is 0. The van der Waals surface area contributed by atoms with Gasteiger partial charge in [0.05, 0.1) is 5.69 Å². The van der Waals surface area contributed by atoms with Crippen LogP contribution in [-0.2, 0) is 19.1 Å². The van der Waals surface area contributed by atoms with Gasteiger partial charge in [0.15, 0.2) is 0 Å². The van der Waals surface area contributed by atoms with E-state index >= 15 is 0 Å². The summed E-state index contributed by atoms with van der Waals surface area (Å²) in [7, 11) is 0. The molecule has 2 atom stereocenters. The predicted octanol–water partition coefficient (Wildman–Crippen LogP) is 3.15. The van der Waals surface area contributed by atoms with Crippen molar-refractivity contribution in [2.45, 2.75) is 52.4 Å². The second-order valence-electron chi connectivity index (χ2n) is 5.25. The molecule has 0 aromatic carbocycles. The summed E-state index contributed by atoms with van der Waals surface area (Å²) in [5, 5.41) is 3.07. The zero-order valence-electron chi connectivity index (χ0n) is 11.5. The molecule has 0 saturated heterocycles. The van der Waals surface area contributed by atoms with Crippen molar-refractivity contribution in [3.05, 3.63) is 17.2 Å². The monoisotopic (exact) mass is 275 g/mol. The maximum Gasteiger partial charge on any atom is 0.449 e. The lowest BCUT2D eigenvalue weighted by molar-refractivity contribution is -0.148. The molecule has 2 unspecified atom stereocenters. The lowest BCUT2D eigenvalue weighted by Gasteiger charge is -2.26. The van der Waals surface area contributed by atoms with E-state index in [1.54, 1.807) is 0 Å². The second kappa shape index (κ2) is 5.15. The van der Waals surface area contributed by atoms with Crippen molar-refractivity contribution >= 4 is 0 Å². The summed E-state index contributed by atoms with van der Waals surface area (Å²) in [5.74, 6) is -0.553. The van der Waals surface area contributed by atoms with E-state index in [2.05, 4.69) is 10.3 Å². The van der Waals surface area contributed by atoms with Crippen LogP contribution < -0.4 is 5.32 Å². The van der Waals surface area contributed by atoms with Gasteiger partial charge in [0.2, 0.25) is 5.82 Å². The first-order valence-electron chi connectivity index (χ1n) is 6.74. The van der Waals surface area contributed by atoms with E-state index in [1.165, 1.54) is 4.57 Å². The van der Waals surface area contributed by atoms with E-state index in [0.29, 0.717) is 25.2 Å². The van der Waals surface area contributed by atoms with Crippen molar-refractivity contribution in [1.29, 1.82) is 0 Å². The van der Waals surface area contributed by atoms with E-state index in [4.69, 9.17) is 0 Å². The Bertz CT molecular complexity index is 451. The van der Waals surface area contributed by atoms with Gasteiger partial charge in [-0.1, -0.05) is 20.3 Å². The first-order chi connectivity index (χ1) is 8.86. The summed E-state index contributed by atoms with van der Waals surface area (Å²) in [6.45, 7) is 6.98. The number of hydrogen-bond donors (Lipinski definition) is 1. The Balaban J connectivity index is 2.52. The lowest BCUT2D eigenvalue weighted by atomic mass is 9.99. The summed E-state index contributed by atoms with van der Waals surface area (Å²) in [6, 6.07) is -0.184. The normalized spacial score (nSPS) is 19.1. The first-order valence-corrected chi connectivity index (χ1v) is 6.74. The van der Waals surface area contributed by atoms with Crippen molar-refractivity contribution in [2.24, 2.45) is 5.92 Å². The molecule has 0 aliphatic carbocycles. The highest BCUT2D eigenvalue weighted by molar-refractivity contribution is 5.22. The van der Waals surface area contributed by atoms with Crippen LogP contribution in [0.25, 0.3) is 0 Å². The molecule has 108 valence electrons. The first kappa shape index (κ1) is 14.4. The zero-order valence-corrected chi connectivity index (χ0v) is 11.5. The van der Waals surface area contributed by atoms with Crippen LogP contribution in [0.1, 0.15) is 50.4 Å². The molecule has 2 heterocycles. The SMILES string of the molecule is CCC(C)C(C)n1c(C(F)(F)F)nc2c1CCNC2. The van der Waals surface area contributed by atoms with Gasteiger partial charge in [0.25, 0.3) is 0 Å². The highest BCUT2D eigenvalue weighted by atomic mass is 19.4. The van der Waals surface area contributed by atoms with Crippen LogP contribution in [0.3, 0.4) is 0 Å². The van der Waals surface area contributed by atoms with Crippen LogP contribution in [0.5, 0.6) is 0 Å². The number of halogens is 3. The molecular formula is C13H20F3N3. The number of hydrogen-bond acceptors (Lipinski definition) is 2. The average Bonchev–Trinajstić information content (AvgIpc) is 2.76. The molecule has 0 bridgehead atoms. The molecule has 1 aliphatic rings. The van der Waals surface area contributed by atoms with E-state index in [0.717, 1.165) is 12.1 Å². The number of fused-ring (bicyclic) bond motifs is 1. The fourth-order valence-electron chi connectivity index (χ4n) is 2.57. The molecule has 0 radical (unpaired) electrons. The lowest BCUT2D eigenvalue weighted by Crippen LogP contribution is -2.27. The van der Waals surface area contributed by atoms with Crippen LogP contribution >= 0.6 is 0 Å². The standard InChI is InChI=1S/C13H20F3N3/c1-4-8(2)9(3)19-11-5-6-17-7-10(11)18-12(19)13(14,15)16/h8-9,17H,4-7H2,1-3H3. The van der Waals surface area contributed by atoms with Crippen LogP contribution in [0.4, 0.5) is 13.2 Å². The molecule has 0 saturated carbocycles. The maximum atomic E-state index is 13.2. The fraction of sp³-hybridized carbons (Fsp3) is 0.769. The van der Waals surface area contributed by atoms with Crippen molar-refractivity contribution in [2.75, 3.05) is 6.54 Å². The molecule has 0 fully saturated rings. The number of nitrogens with zero attached hydrogens (tertiary/aromatic N) is 2. The third-order valence-electron chi connectivity index (χ3n) is 4.05. The zero-order chi connectivity index (χ0) is 14.2. The number of aromatic nitrogens is 2. The molecule has 3 nitrogen and oxygen atoms in total. The summed E-state index contributed by atoms with van der Waals surface area (Å²) in [4.78, 5) is 3.84. The van der Waals surface area contributed by atoms with E-state index in [9.17, 15) is 13.2 Å². The van der Waals surface area contributed by atoms with Gasteiger partial charge in [0.1, 0.15) is 0 Å². The Hall–Kier alpha value is -1.04. The second-order valence-corrected chi connectivity index (χ2v) is 5.25. The van der Waals surface area contributed by atoms with Gasteiger partial charge in [-0.15, -0.1) is 0 Å². The van der Waals surface area contributed by atoms with Crippen LogP contribution in [0.2, 0.25) is 0 Å². The number of rotatable bonds is 3. The van der Waals surface area contributed by atoms with Crippen LogP contribution in [0, 0.1) is 5.92 Å². The predicted molar refractivity (Wildman–Crippen MR) is 66.8 cm³/mol. The Labute approximate surface area is 111 Å².